The number of carbonyl (C=O) groups is 2. The molecule has 16 heavy (non-hydrogen) atoms. The summed E-state index contributed by atoms with van der Waals surface area (Å²) in [5, 5.41) is 2.79. The summed E-state index contributed by atoms with van der Waals surface area (Å²) >= 11 is 0. The summed E-state index contributed by atoms with van der Waals surface area (Å²) < 4.78 is 0. The largest absolute Gasteiger partial charge is 0.343 e. The zero-order valence-corrected chi connectivity index (χ0v) is 10.2. The van der Waals surface area contributed by atoms with E-state index in [1.165, 1.54) is 0 Å². The third kappa shape index (κ3) is 1.70. The van der Waals surface area contributed by atoms with Gasteiger partial charge in [0.15, 0.2) is 0 Å². The number of amides is 2. The Morgan fingerprint density at radius 1 is 1.38 bits per heavy atom. The lowest BCUT2D eigenvalue weighted by molar-refractivity contribution is -0.155. The molecule has 4 heteroatoms. The number of hydrogen-bond donors (Lipinski definition) is 1. The highest BCUT2D eigenvalue weighted by Gasteiger charge is 2.46. The molecule has 4 nitrogen and oxygen atoms in total. The van der Waals surface area contributed by atoms with Crippen molar-refractivity contribution in [2.24, 2.45) is 5.92 Å². The summed E-state index contributed by atoms with van der Waals surface area (Å²) in [6.07, 6.45) is 3.21. The monoisotopic (exact) mass is 224 g/mol. The van der Waals surface area contributed by atoms with Gasteiger partial charge in [0.1, 0.15) is 12.6 Å². The van der Waals surface area contributed by atoms with Gasteiger partial charge < -0.3 is 10.2 Å². The van der Waals surface area contributed by atoms with Gasteiger partial charge in [-0.05, 0) is 32.1 Å². The third-order valence-electron chi connectivity index (χ3n) is 3.90. The van der Waals surface area contributed by atoms with Gasteiger partial charge in [-0.2, -0.15) is 0 Å². The van der Waals surface area contributed by atoms with Crippen LogP contribution in [0.2, 0.25) is 0 Å². The maximum absolute atomic E-state index is 12.3. The molecule has 1 atom stereocenters. The molecule has 90 valence electrons. The van der Waals surface area contributed by atoms with E-state index in [4.69, 9.17) is 0 Å². The lowest BCUT2D eigenvalue weighted by atomic mass is 9.76. The minimum Gasteiger partial charge on any atom is -0.343 e. The highest BCUT2D eigenvalue weighted by Crippen LogP contribution is 2.38. The van der Waals surface area contributed by atoms with Gasteiger partial charge in [-0.3, -0.25) is 9.59 Å². The fourth-order valence-corrected chi connectivity index (χ4v) is 2.54. The summed E-state index contributed by atoms with van der Waals surface area (Å²) in [4.78, 5) is 25.7. The van der Waals surface area contributed by atoms with Crippen LogP contribution in [0.3, 0.4) is 0 Å². The fraction of sp³-hybridized carbons (Fsp3) is 0.833. The Morgan fingerprint density at radius 3 is 2.44 bits per heavy atom. The molecule has 1 heterocycles. The topological polar surface area (TPSA) is 49.4 Å². The van der Waals surface area contributed by atoms with Gasteiger partial charge in [0, 0.05) is 5.54 Å². The van der Waals surface area contributed by atoms with Crippen LogP contribution < -0.4 is 5.32 Å². The second kappa shape index (κ2) is 3.75. The van der Waals surface area contributed by atoms with Crippen LogP contribution in [0.4, 0.5) is 0 Å². The van der Waals surface area contributed by atoms with Crippen molar-refractivity contribution in [1.29, 1.82) is 0 Å². The molecule has 2 amide bonds. The highest BCUT2D eigenvalue weighted by atomic mass is 16.2. The molecule has 0 aromatic carbocycles. The first-order valence-corrected chi connectivity index (χ1v) is 6.05. The highest BCUT2D eigenvalue weighted by molar-refractivity contribution is 5.95. The fourth-order valence-electron chi connectivity index (χ4n) is 2.54. The van der Waals surface area contributed by atoms with Gasteiger partial charge >= 0.3 is 0 Å². The Labute approximate surface area is 96.4 Å². The third-order valence-corrected chi connectivity index (χ3v) is 3.90. The van der Waals surface area contributed by atoms with Gasteiger partial charge in [-0.25, -0.2) is 0 Å². The van der Waals surface area contributed by atoms with Crippen molar-refractivity contribution in [3.8, 4) is 0 Å². The van der Waals surface area contributed by atoms with Crippen molar-refractivity contribution in [3.63, 3.8) is 0 Å². The van der Waals surface area contributed by atoms with Crippen LogP contribution >= 0.6 is 0 Å². The quantitative estimate of drug-likeness (QED) is 0.758. The van der Waals surface area contributed by atoms with Crippen molar-refractivity contribution < 1.29 is 9.59 Å². The minimum atomic E-state index is -0.335. The number of hydrogen-bond acceptors (Lipinski definition) is 2. The van der Waals surface area contributed by atoms with E-state index < -0.39 is 0 Å². The Morgan fingerprint density at radius 2 is 2.00 bits per heavy atom. The molecule has 0 aromatic heterocycles. The molecule has 0 bridgehead atoms. The number of piperazine rings is 1. The summed E-state index contributed by atoms with van der Waals surface area (Å²) in [5.74, 6) is 0.228. The van der Waals surface area contributed by atoms with Gasteiger partial charge in [0.05, 0.1) is 0 Å². The molecular weight excluding hydrogens is 204 g/mol. The lowest BCUT2D eigenvalue weighted by Crippen LogP contribution is -2.67. The van der Waals surface area contributed by atoms with E-state index in [0.717, 1.165) is 19.3 Å². The van der Waals surface area contributed by atoms with E-state index in [1.807, 2.05) is 13.8 Å². The second-order valence-corrected chi connectivity index (χ2v) is 5.56. The van der Waals surface area contributed by atoms with Gasteiger partial charge in [0.2, 0.25) is 11.8 Å². The van der Waals surface area contributed by atoms with Crippen LogP contribution in [0.15, 0.2) is 0 Å². The first-order chi connectivity index (χ1) is 7.44. The van der Waals surface area contributed by atoms with Crippen molar-refractivity contribution in [1.82, 2.24) is 10.2 Å². The average molecular weight is 224 g/mol. The Balaban J connectivity index is 2.18. The van der Waals surface area contributed by atoms with E-state index in [1.54, 1.807) is 4.90 Å². The first-order valence-electron chi connectivity index (χ1n) is 6.05. The van der Waals surface area contributed by atoms with Crippen molar-refractivity contribution in [2.45, 2.75) is 51.6 Å². The number of nitrogens with zero attached hydrogens (tertiary/aromatic N) is 1. The average Bonchev–Trinajstić information content (AvgIpc) is 2.17. The Hall–Kier alpha value is -1.06. The maximum atomic E-state index is 12.3. The van der Waals surface area contributed by atoms with Crippen LogP contribution in [-0.4, -0.2) is 34.8 Å². The molecule has 1 aliphatic carbocycles. The zero-order valence-electron chi connectivity index (χ0n) is 10.2. The van der Waals surface area contributed by atoms with Gasteiger partial charge in [0.25, 0.3) is 0 Å². The van der Waals surface area contributed by atoms with Crippen molar-refractivity contribution in [2.75, 3.05) is 6.54 Å². The molecule has 0 radical (unpaired) electrons. The van der Waals surface area contributed by atoms with Crippen LogP contribution in [0.25, 0.3) is 0 Å². The summed E-state index contributed by atoms with van der Waals surface area (Å²) in [6, 6.07) is -0.335. The predicted molar refractivity (Wildman–Crippen MR) is 60.7 cm³/mol. The predicted octanol–water partition coefficient (Wildman–Crippen LogP) is 0.912. The number of rotatable bonds is 2. The molecule has 1 N–H and O–H groups in total. The molecular formula is C12H20N2O2. The molecule has 1 saturated carbocycles. The Bertz CT molecular complexity index is 321. The second-order valence-electron chi connectivity index (χ2n) is 5.56. The van der Waals surface area contributed by atoms with E-state index >= 15 is 0 Å². The number of carbonyl (C=O) groups excluding carboxylic acids is 2. The van der Waals surface area contributed by atoms with E-state index in [-0.39, 0.29) is 35.9 Å². The van der Waals surface area contributed by atoms with Crippen LogP contribution in [-0.2, 0) is 9.59 Å². The number of nitrogens with one attached hydrogen (secondary N) is 1. The van der Waals surface area contributed by atoms with E-state index in [0.29, 0.717) is 0 Å². The Kier molecular flexibility index (Phi) is 2.68. The van der Waals surface area contributed by atoms with Gasteiger partial charge in [-0.1, -0.05) is 13.8 Å². The molecule has 1 aliphatic heterocycles. The molecule has 1 saturated heterocycles. The normalized spacial score (nSPS) is 29.0. The van der Waals surface area contributed by atoms with E-state index in [9.17, 15) is 9.59 Å². The zero-order chi connectivity index (χ0) is 11.9. The molecule has 2 aliphatic rings. The molecule has 2 fully saturated rings. The summed E-state index contributed by atoms with van der Waals surface area (Å²) in [7, 11) is 0. The van der Waals surface area contributed by atoms with Gasteiger partial charge in [-0.15, -0.1) is 0 Å². The van der Waals surface area contributed by atoms with Crippen LogP contribution in [0.1, 0.15) is 40.0 Å². The van der Waals surface area contributed by atoms with Crippen LogP contribution in [0.5, 0.6) is 0 Å². The standard InChI is InChI=1S/C12H20N2O2/c1-8(2)10-11(16)14(7-9(15)13-10)12(3)5-4-6-12/h8,10H,4-7H2,1-3H3,(H,13,15). The SMILES string of the molecule is CC(C)C1NC(=O)CN(C2(C)CCC2)C1=O. The van der Waals surface area contributed by atoms with Crippen molar-refractivity contribution in [3.05, 3.63) is 0 Å². The summed E-state index contributed by atoms with van der Waals surface area (Å²) in [5.41, 5.74) is -0.0675. The maximum Gasteiger partial charge on any atom is 0.246 e. The lowest BCUT2D eigenvalue weighted by Gasteiger charge is -2.50. The van der Waals surface area contributed by atoms with Crippen LogP contribution in [0, 0.1) is 5.92 Å². The molecule has 0 spiro atoms. The molecule has 1 unspecified atom stereocenters. The van der Waals surface area contributed by atoms with E-state index in [2.05, 4.69) is 12.2 Å². The smallest absolute Gasteiger partial charge is 0.246 e. The van der Waals surface area contributed by atoms with Crippen molar-refractivity contribution >= 4 is 11.8 Å². The molecule has 2 rings (SSSR count). The first kappa shape index (κ1) is 11.4. The minimum absolute atomic E-state index is 0.0218. The summed E-state index contributed by atoms with van der Waals surface area (Å²) in [6.45, 7) is 6.26. The molecule has 0 aromatic rings.